The topological polar surface area (TPSA) is 110 Å². The summed E-state index contributed by atoms with van der Waals surface area (Å²) in [5.74, 6) is -0.886. The second-order valence-corrected chi connectivity index (χ2v) is 2.96. The number of anilines is 1. The Hall–Kier alpha value is -1.89. The molecule has 0 saturated carbocycles. The third-order valence-corrected chi connectivity index (χ3v) is 1.87. The molecule has 1 amide bonds. The minimum absolute atomic E-state index is 0.226. The van der Waals surface area contributed by atoms with Gasteiger partial charge in [0.2, 0.25) is 5.91 Å². The molecule has 0 aliphatic carbocycles. The van der Waals surface area contributed by atoms with Gasteiger partial charge in [-0.05, 0) is 6.92 Å². The molecule has 0 saturated heterocycles. The number of amides is 1. The van der Waals surface area contributed by atoms with Gasteiger partial charge in [0.15, 0.2) is 5.82 Å². The summed E-state index contributed by atoms with van der Waals surface area (Å²) in [5, 5.41) is 0. The molecular weight excluding hydrogens is 200 g/mol. The molecule has 1 unspecified atom stereocenters. The van der Waals surface area contributed by atoms with E-state index >= 15 is 0 Å². The number of nitrogens with zero attached hydrogens (tertiary/aromatic N) is 1. The van der Waals surface area contributed by atoms with E-state index in [0.717, 1.165) is 0 Å². The molecule has 7 nitrogen and oxygen atoms in total. The van der Waals surface area contributed by atoms with Crippen molar-refractivity contribution in [3.63, 3.8) is 0 Å². The summed E-state index contributed by atoms with van der Waals surface area (Å²) in [6, 6.07) is 1.49. The number of aromatic amines is 1. The second-order valence-electron chi connectivity index (χ2n) is 2.96. The van der Waals surface area contributed by atoms with Crippen molar-refractivity contribution in [2.75, 3.05) is 12.6 Å². The van der Waals surface area contributed by atoms with Crippen molar-refractivity contribution in [1.82, 2.24) is 9.97 Å². The molecule has 1 rings (SSSR count). The van der Waals surface area contributed by atoms with Crippen molar-refractivity contribution in [3.05, 3.63) is 22.2 Å². The van der Waals surface area contributed by atoms with Crippen LogP contribution in [-0.4, -0.2) is 23.0 Å². The van der Waals surface area contributed by atoms with E-state index in [1.807, 2.05) is 0 Å². The summed E-state index contributed by atoms with van der Waals surface area (Å²) in [6.07, 6.45) is 0. The Morgan fingerprint density at radius 3 is 2.93 bits per heavy atom. The van der Waals surface area contributed by atoms with Crippen LogP contribution in [0.25, 0.3) is 0 Å². The molecule has 4 N–H and O–H groups in total. The predicted molar refractivity (Wildman–Crippen MR) is 53.1 cm³/mol. The maximum absolute atomic E-state index is 11.1. The predicted octanol–water partition coefficient (Wildman–Crippen LogP) is -0.668. The van der Waals surface area contributed by atoms with Gasteiger partial charge >= 0.3 is 5.69 Å². The number of H-pyrrole nitrogens is 1. The highest BCUT2D eigenvalue weighted by molar-refractivity contribution is 5.81. The lowest BCUT2D eigenvalue weighted by molar-refractivity contribution is -0.119. The van der Waals surface area contributed by atoms with Crippen LogP contribution in [0.3, 0.4) is 0 Å². The van der Waals surface area contributed by atoms with Crippen molar-refractivity contribution in [1.29, 1.82) is 0 Å². The first-order chi connectivity index (χ1) is 7.04. The third kappa shape index (κ3) is 2.78. The standard InChI is InChI=1S/C8H12N4O3/c1-4(7(9)13)5-3-6(12-15-2)11-8(14)10-5/h3-4H,1-2H3,(H2,9,13)(H2,10,11,12,14). The molecule has 1 aromatic heterocycles. The summed E-state index contributed by atoms with van der Waals surface area (Å²) in [4.78, 5) is 32.6. The molecule has 1 aromatic rings. The summed E-state index contributed by atoms with van der Waals surface area (Å²) in [6.45, 7) is 1.59. The lowest BCUT2D eigenvalue weighted by Gasteiger charge is -2.08. The van der Waals surface area contributed by atoms with Gasteiger partial charge in [0.1, 0.15) is 0 Å². The van der Waals surface area contributed by atoms with Gasteiger partial charge in [-0.15, -0.1) is 0 Å². The average Bonchev–Trinajstić information content (AvgIpc) is 2.16. The minimum atomic E-state index is -0.585. The van der Waals surface area contributed by atoms with Gasteiger partial charge in [0.05, 0.1) is 13.0 Å². The van der Waals surface area contributed by atoms with Gasteiger partial charge in [0, 0.05) is 11.8 Å². The second kappa shape index (κ2) is 4.56. The van der Waals surface area contributed by atoms with Gasteiger partial charge in [0.25, 0.3) is 0 Å². The third-order valence-electron chi connectivity index (χ3n) is 1.87. The monoisotopic (exact) mass is 212 g/mol. The van der Waals surface area contributed by atoms with Crippen LogP contribution in [0, 0.1) is 0 Å². The van der Waals surface area contributed by atoms with Gasteiger partial charge in [-0.1, -0.05) is 0 Å². The van der Waals surface area contributed by atoms with Crippen LogP contribution in [0.2, 0.25) is 0 Å². The van der Waals surface area contributed by atoms with E-state index in [-0.39, 0.29) is 5.82 Å². The number of hydrogen-bond acceptors (Lipinski definition) is 5. The molecule has 0 aliphatic heterocycles. The van der Waals surface area contributed by atoms with Crippen LogP contribution < -0.4 is 16.9 Å². The molecule has 15 heavy (non-hydrogen) atoms. The van der Waals surface area contributed by atoms with Gasteiger partial charge in [-0.2, -0.15) is 4.98 Å². The maximum Gasteiger partial charge on any atom is 0.347 e. The Bertz CT molecular complexity index is 415. The first-order valence-electron chi connectivity index (χ1n) is 4.24. The summed E-state index contributed by atoms with van der Waals surface area (Å²) < 4.78 is 0. The fraction of sp³-hybridized carbons (Fsp3) is 0.375. The van der Waals surface area contributed by atoms with Crippen LogP contribution in [0.1, 0.15) is 18.5 Å². The van der Waals surface area contributed by atoms with Crippen LogP contribution in [0.4, 0.5) is 5.82 Å². The van der Waals surface area contributed by atoms with Gasteiger partial charge < -0.3 is 10.7 Å². The largest absolute Gasteiger partial charge is 0.369 e. The summed E-state index contributed by atoms with van der Waals surface area (Å²) >= 11 is 0. The Morgan fingerprint density at radius 1 is 1.73 bits per heavy atom. The first kappa shape index (κ1) is 11.2. The summed E-state index contributed by atoms with van der Waals surface area (Å²) in [7, 11) is 1.39. The highest BCUT2D eigenvalue weighted by Gasteiger charge is 2.13. The number of primary amides is 1. The van der Waals surface area contributed by atoms with E-state index in [9.17, 15) is 9.59 Å². The fourth-order valence-electron chi connectivity index (χ4n) is 1.02. The molecule has 82 valence electrons. The van der Waals surface area contributed by atoms with E-state index in [0.29, 0.717) is 5.69 Å². The number of nitrogens with two attached hydrogens (primary N) is 1. The van der Waals surface area contributed by atoms with Crippen LogP contribution in [0.5, 0.6) is 0 Å². The highest BCUT2D eigenvalue weighted by atomic mass is 16.6. The zero-order chi connectivity index (χ0) is 11.4. The smallest absolute Gasteiger partial charge is 0.347 e. The molecule has 0 spiro atoms. The first-order valence-corrected chi connectivity index (χ1v) is 4.24. The molecule has 0 radical (unpaired) electrons. The minimum Gasteiger partial charge on any atom is -0.369 e. The Labute approximate surface area is 85.6 Å². The van der Waals surface area contributed by atoms with Crippen molar-refractivity contribution >= 4 is 11.7 Å². The van der Waals surface area contributed by atoms with E-state index in [2.05, 4.69) is 20.3 Å². The van der Waals surface area contributed by atoms with Crippen molar-refractivity contribution in [2.24, 2.45) is 5.73 Å². The molecular formula is C8H12N4O3. The van der Waals surface area contributed by atoms with Crippen LogP contribution in [-0.2, 0) is 9.63 Å². The average molecular weight is 212 g/mol. The SMILES string of the molecule is CONc1cc(C(C)C(N)=O)[nH]c(=O)n1. The lowest BCUT2D eigenvalue weighted by Crippen LogP contribution is -2.23. The zero-order valence-electron chi connectivity index (χ0n) is 8.40. The number of nitrogens with one attached hydrogen (secondary N) is 2. The number of carbonyl (C=O) groups is 1. The number of carbonyl (C=O) groups excluding carboxylic acids is 1. The quantitative estimate of drug-likeness (QED) is 0.573. The van der Waals surface area contributed by atoms with Crippen molar-refractivity contribution < 1.29 is 9.63 Å². The molecule has 0 bridgehead atoms. The van der Waals surface area contributed by atoms with Crippen LogP contribution in [0.15, 0.2) is 10.9 Å². The fourth-order valence-corrected chi connectivity index (χ4v) is 1.02. The van der Waals surface area contributed by atoms with Gasteiger partial charge in [-0.3, -0.25) is 9.63 Å². The van der Waals surface area contributed by atoms with E-state index < -0.39 is 17.5 Å². The lowest BCUT2D eigenvalue weighted by atomic mass is 10.1. The van der Waals surface area contributed by atoms with Gasteiger partial charge in [-0.25, -0.2) is 10.3 Å². The van der Waals surface area contributed by atoms with E-state index in [1.165, 1.54) is 13.2 Å². The van der Waals surface area contributed by atoms with E-state index in [1.54, 1.807) is 6.92 Å². The number of rotatable bonds is 4. The maximum atomic E-state index is 11.1. The molecule has 1 atom stereocenters. The van der Waals surface area contributed by atoms with E-state index in [4.69, 9.17) is 5.73 Å². The van der Waals surface area contributed by atoms with Crippen LogP contribution >= 0.6 is 0 Å². The van der Waals surface area contributed by atoms with Crippen molar-refractivity contribution in [2.45, 2.75) is 12.8 Å². The Morgan fingerprint density at radius 2 is 2.40 bits per heavy atom. The molecule has 0 fully saturated rings. The normalized spacial score (nSPS) is 12.1. The zero-order valence-corrected chi connectivity index (χ0v) is 8.40. The molecule has 0 aliphatic rings. The molecule has 7 heteroatoms. The molecule has 0 aromatic carbocycles. The Kier molecular flexibility index (Phi) is 3.40. The van der Waals surface area contributed by atoms with Crippen molar-refractivity contribution in [3.8, 4) is 0 Å². The number of aromatic nitrogens is 2. The summed E-state index contributed by atoms with van der Waals surface area (Å²) in [5.41, 5.74) is 7.33. The Balaban J connectivity index is 3.08. The number of hydrogen-bond donors (Lipinski definition) is 3. The highest BCUT2D eigenvalue weighted by Crippen LogP contribution is 2.12. The molecule has 1 heterocycles.